The first-order valence-electron chi connectivity index (χ1n) is 9.01. The SMILES string of the molecule is Cc1ccccc1C(=O)NC1CCN(C(=O)CC2CCCN2)CC1.Cl. The second-order valence-electron chi connectivity index (χ2n) is 6.94. The number of halogens is 1. The number of nitrogens with one attached hydrogen (secondary N) is 2. The molecule has 1 unspecified atom stereocenters. The van der Waals surface area contributed by atoms with Crippen molar-refractivity contribution in [1.82, 2.24) is 15.5 Å². The van der Waals surface area contributed by atoms with Gasteiger partial charge in [-0.2, -0.15) is 0 Å². The Hall–Kier alpha value is -1.59. The van der Waals surface area contributed by atoms with Crippen LogP contribution in [0.2, 0.25) is 0 Å². The van der Waals surface area contributed by atoms with Crippen molar-refractivity contribution < 1.29 is 9.59 Å². The summed E-state index contributed by atoms with van der Waals surface area (Å²) < 4.78 is 0. The molecule has 2 aliphatic rings. The van der Waals surface area contributed by atoms with Crippen LogP contribution in [0.3, 0.4) is 0 Å². The number of hydrogen-bond donors (Lipinski definition) is 2. The molecule has 2 heterocycles. The first-order chi connectivity index (χ1) is 11.6. The number of hydrogen-bond acceptors (Lipinski definition) is 3. The maximum absolute atomic E-state index is 12.4. The van der Waals surface area contributed by atoms with Gasteiger partial charge in [0.15, 0.2) is 0 Å². The summed E-state index contributed by atoms with van der Waals surface area (Å²) in [5.41, 5.74) is 1.73. The summed E-state index contributed by atoms with van der Waals surface area (Å²) in [6.45, 7) is 4.47. The Morgan fingerprint density at radius 1 is 1.20 bits per heavy atom. The second-order valence-corrected chi connectivity index (χ2v) is 6.94. The first-order valence-corrected chi connectivity index (χ1v) is 9.01. The van der Waals surface area contributed by atoms with Gasteiger partial charge < -0.3 is 15.5 Å². The molecule has 25 heavy (non-hydrogen) atoms. The third kappa shape index (κ3) is 5.19. The zero-order chi connectivity index (χ0) is 16.9. The largest absolute Gasteiger partial charge is 0.349 e. The number of piperidine rings is 1. The summed E-state index contributed by atoms with van der Waals surface area (Å²) in [5, 5.41) is 6.50. The van der Waals surface area contributed by atoms with Crippen molar-refractivity contribution in [2.45, 2.75) is 51.1 Å². The van der Waals surface area contributed by atoms with E-state index in [0.29, 0.717) is 12.5 Å². The molecule has 1 atom stereocenters. The summed E-state index contributed by atoms with van der Waals surface area (Å²) >= 11 is 0. The number of nitrogens with zero attached hydrogens (tertiary/aromatic N) is 1. The molecule has 0 aliphatic carbocycles. The fourth-order valence-corrected chi connectivity index (χ4v) is 3.63. The van der Waals surface area contributed by atoms with E-state index in [1.165, 1.54) is 6.42 Å². The molecule has 5 nitrogen and oxygen atoms in total. The highest BCUT2D eigenvalue weighted by molar-refractivity contribution is 5.95. The number of benzene rings is 1. The van der Waals surface area contributed by atoms with Gasteiger partial charge in [0, 0.05) is 37.2 Å². The zero-order valence-electron chi connectivity index (χ0n) is 14.8. The molecular weight excluding hydrogens is 338 g/mol. The van der Waals surface area contributed by atoms with Crippen LogP contribution in [-0.4, -0.2) is 48.4 Å². The van der Waals surface area contributed by atoms with Crippen molar-refractivity contribution in [1.29, 1.82) is 0 Å². The number of carbonyl (C=O) groups excluding carboxylic acids is 2. The molecular formula is C19H28ClN3O2. The average molecular weight is 366 g/mol. The molecule has 2 N–H and O–H groups in total. The first kappa shape index (κ1) is 19.7. The lowest BCUT2D eigenvalue weighted by atomic mass is 10.0. The van der Waals surface area contributed by atoms with Gasteiger partial charge >= 0.3 is 0 Å². The zero-order valence-corrected chi connectivity index (χ0v) is 15.6. The van der Waals surface area contributed by atoms with Crippen molar-refractivity contribution in [3.63, 3.8) is 0 Å². The molecule has 0 radical (unpaired) electrons. The van der Waals surface area contributed by atoms with Gasteiger partial charge in [0.1, 0.15) is 0 Å². The van der Waals surface area contributed by atoms with Crippen LogP contribution in [0.5, 0.6) is 0 Å². The van der Waals surface area contributed by atoms with Crippen molar-refractivity contribution in [2.75, 3.05) is 19.6 Å². The molecule has 0 spiro atoms. The van der Waals surface area contributed by atoms with Gasteiger partial charge in [-0.3, -0.25) is 9.59 Å². The van der Waals surface area contributed by atoms with Crippen LogP contribution in [0.25, 0.3) is 0 Å². The van der Waals surface area contributed by atoms with E-state index in [2.05, 4.69) is 10.6 Å². The number of amides is 2. The topological polar surface area (TPSA) is 61.4 Å². The van der Waals surface area contributed by atoms with Gasteiger partial charge in [-0.15, -0.1) is 12.4 Å². The quantitative estimate of drug-likeness (QED) is 0.860. The summed E-state index contributed by atoms with van der Waals surface area (Å²) in [7, 11) is 0. The van der Waals surface area contributed by atoms with Gasteiger partial charge in [0.2, 0.25) is 5.91 Å². The minimum Gasteiger partial charge on any atom is -0.349 e. The highest BCUT2D eigenvalue weighted by Crippen LogP contribution is 2.16. The third-order valence-electron chi connectivity index (χ3n) is 5.16. The third-order valence-corrected chi connectivity index (χ3v) is 5.16. The van der Waals surface area contributed by atoms with Crippen molar-refractivity contribution >= 4 is 24.2 Å². The highest BCUT2D eigenvalue weighted by Gasteiger charge is 2.26. The van der Waals surface area contributed by atoms with Crippen LogP contribution in [0.15, 0.2) is 24.3 Å². The predicted molar refractivity (Wildman–Crippen MR) is 101 cm³/mol. The summed E-state index contributed by atoms with van der Waals surface area (Å²) in [6, 6.07) is 8.16. The molecule has 0 bridgehead atoms. The van der Waals surface area contributed by atoms with E-state index >= 15 is 0 Å². The molecule has 0 aromatic heterocycles. The molecule has 1 aromatic carbocycles. The van der Waals surface area contributed by atoms with E-state index in [1.54, 1.807) is 0 Å². The molecule has 2 amide bonds. The molecule has 2 aliphatic heterocycles. The van der Waals surface area contributed by atoms with Crippen LogP contribution < -0.4 is 10.6 Å². The Morgan fingerprint density at radius 3 is 2.56 bits per heavy atom. The molecule has 2 fully saturated rings. The van der Waals surface area contributed by atoms with E-state index in [9.17, 15) is 9.59 Å². The van der Waals surface area contributed by atoms with Gasteiger partial charge in [-0.25, -0.2) is 0 Å². The molecule has 138 valence electrons. The van der Waals surface area contributed by atoms with Crippen LogP contribution in [0.1, 0.15) is 48.0 Å². The van der Waals surface area contributed by atoms with Gasteiger partial charge in [0.25, 0.3) is 5.91 Å². The molecule has 2 saturated heterocycles. The van der Waals surface area contributed by atoms with Crippen molar-refractivity contribution in [3.05, 3.63) is 35.4 Å². The van der Waals surface area contributed by atoms with Crippen LogP contribution in [0, 0.1) is 6.92 Å². The fourth-order valence-electron chi connectivity index (χ4n) is 3.63. The number of likely N-dealkylation sites (tertiary alicyclic amines) is 1. The number of rotatable bonds is 4. The fraction of sp³-hybridized carbons (Fsp3) is 0.579. The van der Waals surface area contributed by atoms with Crippen molar-refractivity contribution in [2.24, 2.45) is 0 Å². The van der Waals surface area contributed by atoms with Crippen LogP contribution in [0.4, 0.5) is 0 Å². The summed E-state index contributed by atoms with van der Waals surface area (Å²) in [5.74, 6) is 0.242. The van der Waals surface area contributed by atoms with E-state index in [1.807, 2.05) is 36.1 Å². The Labute approximate surface area is 155 Å². The molecule has 6 heteroatoms. The maximum atomic E-state index is 12.4. The highest BCUT2D eigenvalue weighted by atomic mass is 35.5. The second kappa shape index (κ2) is 9.20. The normalized spacial score (nSPS) is 20.8. The Morgan fingerprint density at radius 2 is 1.92 bits per heavy atom. The number of carbonyl (C=O) groups is 2. The van der Waals surface area contributed by atoms with E-state index < -0.39 is 0 Å². The Balaban J connectivity index is 0.00000225. The number of aryl methyl sites for hydroxylation is 1. The summed E-state index contributed by atoms with van der Waals surface area (Å²) in [6.07, 6.45) is 4.56. The molecule has 0 saturated carbocycles. The van der Waals surface area contributed by atoms with Gasteiger partial charge in [-0.05, 0) is 50.8 Å². The molecule has 1 aromatic rings. The van der Waals surface area contributed by atoms with E-state index in [4.69, 9.17) is 0 Å². The Kier molecular flexibility index (Phi) is 7.26. The molecule has 3 rings (SSSR count). The lowest BCUT2D eigenvalue weighted by Crippen LogP contribution is -2.47. The van der Waals surface area contributed by atoms with Gasteiger partial charge in [-0.1, -0.05) is 18.2 Å². The van der Waals surface area contributed by atoms with Crippen molar-refractivity contribution in [3.8, 4) is 0 Å². The minimum atomic E-state index is -0.00645. The summed E-state index contributed by atoms with van der Waals surface area (Å²) in [4.78, 5) is 26.7. The van der Waals surface area contributed by atoms with E-state index in [0.717, 1.165) is 50.0 Å². The monoisotopic (exact) mass is 365 g/mol. The van der Waals surface area contributed by atoms with Crippen LogP contribution in [-0.2, 0) is 4.79 Å². The predicted octanol–water partition coefficient (Wildman–Crippen LogP) is 2.28. The lowest BCUT2D eigenvalue weighted by molar-refractivity contribution is -0.132. The maximum Gasteiger partial charge on any atom is 0.251 e. The van der Waals surface area contributed by atoms with E-state index in [-0.39, 0.29) is 30.3 Å². The van der Waals surface area contributed by atoms with Gasteiger partial charge in [0.05, 0.1) is 0 Å². The standard InChI is InChI=1S/C19H27N3O2.ClH/c1-14-5-2-3-7-17(14)19(24)21-15-8-11-22(12-9-15)18(23)13-16-6-4-10-20-16;/h2-3,5,7,15-16,20H,4,6,8-13H2,1H3,(H,21,24);1H. The Bertz CT molecular complexity index is 594. The lowest BCUT2D eigenvalue weighted by Gasteiger charge is -2.33. The average Bonchev–Trinajstić information content (AvgIpc) is 3.08. The minimum absolute atomic E-state index is 0. The smallest absolute Gasteiger partial charge is 0.251 e. The van der Waals surface area contributed by atoms with Crippen LogP contribution >= 0.6 is 12.4 Å².